The molecule has 2 fully saturated rings. The molecule has 0 unspecified atom stereocenters. The lowest BCUT2D eigenvalue weighted by Crippen LogP contribution is -2.48. The molecule has 1 aromatic carbocycles. The van der Waals surface area contributed by atoms with Crippen LogP contribution in [0.4, 0.5) is 21.0 Å². The van der Waals surface area contributed by atoms with Crippen LogP contribution in [0.5, 0.6) is 0 Å². The van der Waals surface area contributed by atoms with E-state index in [-0.39, 0.29) is 23.9 Å². The summed E-state index contributed by atoms with van der Waals surface area (Å²) in [5.74, 6) is -0.414. The number of nitrogens with one attached hydrogen (secondary N) is 6. The first-order valence-corrected chi connectivity index (χ1v) is 12.6. The molecule has 3 rings (SSSR count). The third-order valence-corrected chi connectivity index (χ3v) is 6.63. The number of amides is 6. The van der Waals surface area contributed by atoms with Crippen LogP contribution in [-0.2, 0) is 9.59 Å². The number of rotatable bonds is 8. The van der Waals surface area contributed by atoms with Gasteiger partial charge in [0.1, 0.15) is 12.1 Å². The summed E-state index contributed by atoms with van der Waals surface area (Å²) in [6, 6.07) is 3.07. The van der Waals surface area contributed by atoms with Gasteiger partial charge < -0.3 is 31.9 Å². The van der Waals surface area contributed by atoms with Gasteiger partial charge in [-0.1, -0.05) is 31.7 Å². The first-order chi connectivity index (χ1) is 16.7. The molecule has 0 aromatic heterocycles. The van der Waals surface area contributed by atoms with Crippen molar-refractivity contribution in [2.45, 2.75) is 96.3 Å². The molecule has 2 aliphatic carbocycles. The topological polar surface area (TPSA) is 140 Å². The number of benzene rings is 1. The molecule has 0 heterocycles. The molecular weight excluding hydrogens is 448 g/mol. The average Bonchev–Trinajstić information content (AvgIpc) is 3.50. The molecule has 35 heavy (non-hydrogen) atoms. The Hall–Kier alpha value is -3.30. The van der Waals surface area contributed by atoms with Crippen LogP contribution in [0.25, 0.3) is 0 Å². The van der Waals surface area contributed by atoms with E-state index in [4.69, 9.17) is 0 Å². The third kappa shape index (κ3) is 8.15. The quantitative estimate of drug-likeness (QED) is 0.336. The summed E-state index contributed by atoms with van der Waals surface area (Å²) >= 11 is 0. The molecule has 0 radical (unpaired) electrons. The van der Waals surface area contributed by atoms with Gasteiger partial charge >= 0.3 is 12.1 Å². The van der Waals surface area contributed by atoms with E-state index in [1.807, 2.05) is 6.92 Å². The molecule has 6 amide bonds. The molecule has 0 saturated heterocycles. The highest BCUT2D eigenvalue weighted by Gasteiger charge is 2.23. The standard InChI is InChI=1S/C25H38N6O4/c1-15-12-13-20(30-24(34)26-16(2)22(32)28-18-8-4-5-9-18)14-21(15)31-25(35)27-17(3)23(33)29-19-10-6-7-11-19/h12-14,16-19H,4-11H2,1-3H3,(H,28,32)(H,29,33)(H2,26,30,34)(H2,27,31,35)/t16-,17-/m1/s1. The van der Waals surface area contributed by atoms with Gasteiger partial charge in [-0.25, -0.2) is 9.59 Å². The zero-order valence-corrected chi connectivity index (χ0v) is 20.8. The van der Waals surface area contributed by atoms with Crippen molar-refractivity contribution >= 4 is 35.3 Å². The van der Waals surface area contributed by atoms with Crippen LogP contribution >= 0.6 is 0 Å². The first kappa shape index (κ1) is 26.3. The summed E-state index contributed by atoms with van der Waals surface area (Å²) in [5, 5.41) is 16.7. The van der Waals surface area contributed by atoms with Crippen molar-refractivity contribution in [1.29, 1.82) is 0 Å². The molecule has 10 nitrogen and oxygen atoms in total. The fraction of sp³-hybridized carbons (Fsp3) is 0.600. The van der Waals surface area contributed by atoms with Crippen molar-refractivity contribution in [3.63, 3.8) is 0 Å². The van der Waals surface area contributed by atoms with E-state index < -0.39 is 24.1 Å². The van der Waals surface area contributed by atoms with Crippen molar-refractivity contribution in [3.8, 4) is 0 Å². The van der Waals surface area contributed by atoms with E-state index in [1.54, 1.807) is 32.0 Å². The number of hydrogen-bond donors (Lipinski definition) is 6. The van der Waals surface area contributed by atoms with E-state index >= 15 is 0 Å². The number of carbonyl (C=O) groups excluding carboxylic acids is 4. The van der Waals surface area contributed by atoms with E-state index in [0.717, 1.165) is 56.9 Å². The fourth-order valence-electron chi connectivity index (χ4n) is 4.48. The van der Waals surface area contributed by atoms with Gasteiger partial charge in [0.2, 0.25) is 11.8 Å². The largest absolute Gasteiger partial charge is 0.352 e. The molecule has 2 aliphatic rings. The lowest BCUT2D eigenvalue weighted by molar-refractivity contribution is -0.123. The van der Waals surface area contributed by atoms with Gasteiger partial charge in [0.05, 0.1) is 0 Å². The highest BCUT2D eigenvalue weighted by molar-refractivity contribution is 5.96. The number of aryl methyl sites for hydroxylation is 1. The molecule has 192 valence electrons. The number of hydrogen-bond acceptors (Lipinski definition) is 4. The van der Waals surface area contributed by atoms with Crippen LogP contribution in [-0.4, -0.2) is 48.0 Å². The van der Waals surface area contributed by atoms with Crippen LogP contribution in [0.2, 0.25) is 0 Å². The third-order valence-electron chi connectivity index (χ3n) is 6.63. The van der Waals surface area contributed by atoms with Gasteiger partial charge in [-0.3, -0.25) is 9.59 Å². The van der Waals surface area contributed by atoms with Crippen LogP contribution < -0.4 is 31.9 Å². The Morgan fingerprint density at radius 2 is 1.20 bits per heavy atom. The Kier molecular flexibility index (Phi) is 9.33. The van der Waals surface area contributed by atoms with Crippen LogP contribution in [0.1, 0.15) is 70.8 Å². The normalized spacial score (nSPS) is 17.8. The van der Waals surface area contributed by atoms with Crippen molar-refractivity contribution in [1.82, 2.24) is 21.3 Å². The van der Waals surface area contributed by atoms with E-state index in [0.29, 0.717) is 11.4 Å². The lowest BCUT2D eigenvalue weighted by atomic mass is 10.2. The van der Waals surface area contributed by atoms with Gasteiger partial charge in [0.15, 0.2) is 0 Å². The van der Waals surface area contributed by atoms with Crippen LogP contribution in [0, 0.1) is 6.92 Å². The molecule has 2 atom stereocenters. The fourth-order valence-corrected chi connectivity index (χ4v) is 4.48. The van der Waals surface area contributed by atoms with E-state index in [1.165, 1.54) is 0 Å². The number of urea groups is 2. The SMILES string of the molecule is Cc1ccc(NC(=O)N[C@H](C)C(=O)NC2CCCC2)cc1NC(=O)N[C@H](C)C(=O)NC1CCCC1. The molecule has 0 spiro atoms. The van der Waals surface area contributed by atoms with Gasteiger partial charge in [0, 0.05) is 23.5 Å². The number of carbonyl (C=O) groups is 4. The van der Waals surface area contributed by atoms with Gasteiger partial charge in [-0.15, -0.1) is 0 Å². The number of anilines is 2. The average molecular weight is 487 g/mol. The van der Waals surface area contributed by atoms with Gasteiger partial charge in [-0.2, -0.15) is 0 Å². The Morgan fingerprint density at radius 1 is 0.743 bits per heavy atom. The van der Waals surface area contributed by atoms with Crippen molar-refractivity contribution in [2.75, 3.05) is 10.6 Å². The second-order valence-corrected chi connectivity index (χ2v) is 9.65. The van der Waals surface area contributed by atoms with Gasteiger partial charge in [-0.05, 0) is 64.2 Å². The summed E-state index contributed by atoms with van der Waals surface area (Å²) in [6.07, 6.45) is 8.34. The Morgan fingerprint density at radius 3 is 1.69 bits per heavy atom. The molecule has 10 heteroatoms. The molecule has 2 saturated carbocycles. The summed E-state index contributed by atoms with van der Waals surface area (Å²) in [5.41, 5.74) is 1.74. The minimum absolute atomic E-state index is 0.183. The molecule has 0 aliphatic heterocycles. The molecular formula is C25H38N6O4. The zero-order valence-electron chi connectivity index (χ0n) is 20.8. The van der Waals surface area contributed by atoms with E-state index in [2.05, 4.69) is 31.9 Å². The van der Waals surface area contributed by atoms with E-state index in [9.17, 15) is 19.2 Å². The van der Waals surface area contributed by atoms with Crippen molar-refractivity contribution in [3.05, 3.63) is 23.8 Å². The maximum atomic E-state index is 12.5. The predicted octanol–water partition coefficient (Wildman–Crippen LogP) is 3.13. The lowest BCUT2D eigenvalue weighted by Gasteiger charge is -2.19. The minimum Gasteiger partial charge on any atom is -0.352 e. The molecule has 0 bridgehead atoms. The Bertz CT molecular complexity index is 925. The maximum Gasteiger partial charge on any atom is 0.319 e. The highest BCUT2D eigenvalue weighted by Crippen LogP contribution is 2.21. The Labute approximate surface area is 206 Å². The predicted molar refractivity (Wildman–Crippen MR) is 135 cm³/mol. The second-order valence-electron chi connectivity index (χ2n) is 9.65. The van der Waals surface area contributed by atoms with Crippen molar-refractivity contribution < 1.29 is 19.2 Å². The first-order valence-electron chi connectivity index (χ1n) is 12.6. The zero-order chi connectivity index (χ0) is 25.4. The van der Waals surface area contributed by atoms with Crippen LogP contribution in [0.15, 0.2) is 18.2 Å². The van der Waals surface area contributed by atoms with Crippen LogP contribution in [0.3, 0.4) is 0 Å². The Balaban J connectivity index is 1.48. The summed E-state index contributed by atoms with van der Waals surface area (Å²) in [6.45, 7) is 5.11. The smallest absolute Gasteiger partial charge is 0.319 e. The summed E-state index contributed by atoms with van der Waals surface area (Å²) in [7, 11) is 0. The monoisotopic (exact) mass is 486 g/mol. The summed E-state index contributed by atoms with van der Waals surface area (Å²) < 4.78 is 0. The minimum atomic E-state index is -0.681. The maximum absolute atomic E-state index is 12.5. The molecule has 6 N–H and O–H groups in total. The highest BCUT2D eigenvalue weighted by atomic mass is 16.2. The molecule has 1 aromatic rings. The second kappa shape index (κ2) is 12.4. The van der Waals surface area contributed by atoms with Crippen molar-refractivity contribution in [2.24, 2.45) is 0 Å². The summed E-state index contributed by atoms with van der Waals surface area (Å²) in [4.78, 5) is 49.5. The van der Waals surface area contributed by atoms with Gasteiger partial charge in [0.25, 0.3) is 0 Å².